The number of aliphatic hydroxyl groups is 2. The molecule has 0 aromatic rings. The van der Waals surface area contributed by atoms with Crippen molar-refractivity contribution in [1.82, 2.24) is 0 Å². The van der Waals surface area contributed by atoms with Crippen molar-refractivity contribution in [2.24, 2.45) is 5.92 Å². The first-order valence-electron chi connectivity index (χ1n) is 7.18. The average molecular weight is 244 g/mol. The summed E-state index contributed by atoms with van der Waals surface area (Å²) >= 11 is 0. The molecule has 0 spiro atoms. The van der Waals surface area contributed by atoms with Crippen molar-refractivity contribution in [1.29, 1.82) is 0 Å². The molecule has 0 aromatic heterocycles. The van der Waals surface area contributed by atoms with Crippen molar-refractivity contribution in [3.05, 3.63) is 0 Å². The van der Waals surface area contributed by atoms with E-state index < -0.39 is 6.10 Å². The third kappa shape index (κ3) is 6.39. The van der Waals surface area contributed by atoms with E-state index in [0.29, 0.717) is 25.4 Å². The molecule has 2 N–H and O–H groups in total. The van der Waals surface area contributed by atoms with Crippen LogP contribution >= 0.6 is 0 Å². The lowest BCUT2D eigenvalue weighted by atomic mass is 9.96. The number of rotatable bonds is 9. The van der Waals surface area contributed by atoms with Crippen molar-refractivity contribution in [2.45, 2.75) is 70.5 Å². The van der Waals surface area contributed by atoms with Gasteiger partial charge in [-0.05, 0) is 38.0 Å². The largest absolute Gasteiger partial charge is 0.393 e. The van der Waals surface area contributed by atoms with Gasteiger partial charge in [-0.25, -0.2) is 0 Å². The summed E-state index contributed by atoms with van der Waals surface area (Å²) in [5, 5.41) is 19.7. The Bertz CT molecular complexity index is 178. The molecule has 2 unspecified atom stereocenters. The molecule has 102 valence electrons. The summed E-state index contributed by atoms with van der Waals surface area (Å²) in [7, 11) is 0. The highest BCUT2D eigenvalue weighted by molar-refractivity contribution is 4.75. The highest BCUT2D eigenvalue weighted by atomic mass is 16.5. The maximum absolute atomic E-state index is 9.96. The van der Waals surface area contributed by atoms with E-state index in [4.69, 9.17) is 4.74 Å². The lowest BCUT2D eigenvalue weighted by molar-refractivity contribution is 0.0169. The topological polar surface area (TPSA) is 49.7 Å². The van der Waals surface area contributed by atoms with Crippen molar-refractivity contribution in [2.75, 3.05) is 13.2 Å². The van der Waals surface area contributed by atoms with Crippen molar-refractivity contribution < 1.29 is 14.9 Å². The van der Waals surface area contributed by atoms with Crippen LogP contribution in [0.1, 0.15) is 58.3 Å². The van der Waals surface area contributed by atoms with Crippen LogP contribution in [0.15, 0.2) is 0 Å². The smallest absolute Gasteiger partial charge is 0.0774 e. The van der Waals surface area contributed by atoms with Crippen LogP contribution in [0, 0.1) is 5.92 Å². The summed E-state index contributed by atoms with van der Waals surface area (Å²) in [5.41, 5.74) is 0. The lowest BCUT2D eigenvalue weighted by Crippen LogP contribution is -2.22. The number of hydrogen-bond donors (Lipinski definition) is 2. The lowest BCUT2D eigenvalue weighted by Gasteiger charge is -2.19. The van der Waals surface area contributed by atoms with Crippen LogP contribution in [-0.4, -0.2) is 35.6 Å². The normalized spacial score (nSPS) is 20.6. The Balaban J connectivity index is 2.00. The Morgan fingerprint density at radius 3 is 2.53 bits per heavy atom. The Hall–Kier alpha value is -0.120. The van der Waals surface area contributed by atoms with Crippen molar-refractivity contribution in [3.63, 3.8) is 0 Å². The van der Waals surface area contributed by atoms with Crippen LogP contribution in [0.2, 0.25) is 0 Å². The molecule has 0 saturated heterocycles. The summed E-state index contributed by atoms with van der Waals surface area (Å²) in [6, 6.07) is 0. The molecule has 1 saturated carbocycles. The van der Waals surface area contributed by atoms with E-state index in [1.807, 2.05) is 0 Å². The van der Waals surface area contributed by atoms with Crippen LogP contribution in [-0.2, 0) is 4.74 Å². The van der Waals surface area contributed by atoms with Gasteiger partial charge in [0, 0.05) is 6.61 Å². The molecule has 1 aliphatic carbocycles. The van der Waals surface area contributed by atoms with Crippen LogP contribution in [0.3, 0.4) is 0 Å². The molecule has 3 nitrogen and oxygen atoms in total. The maximum Gasteiger partial charge on any atom is 0.0774 e. The van der Waals surface area contributed by atoms with Crippen LogP contribution < -0.4 is 0 Å². The SMILES string of the molecule is CCCCOCC(O)CCC(O)C1CCCC1. The van der Waals surface area contributed by atoms with Crippen molar-refractivity contribution >= 4 is 0 Å². The second-order valence-electron chi connectivity index (χ2n) is 5.27. The second kappa shape index (κ2) is 8.90. The minimum absolute atomic E-state index is 0.220. The van der Waals surface area contributed by atoms with Gasteiger partial charge in [-0.1, -0.05) is 26.2 Å². The molecule has 0 aliphatic heterocycles. The zero-order valence-corrected chi connectivity index (χ0v) is 11.1. The first kappa shape index (κ1) is 14.9. The fraction of sp³-hybridized carbons (Fsp3) is 1.00. The second-order valence-corrected chi connectivity index (χ2v) is 5.27. The van der Waals surface area contributed by atoms with E-state index in [0.717, 1.165) is 32.3 Å². The highest BCUT2D eigenvalue weighted by Gasteiger charge is 2.23. The van der Waals surface area contributed by atoms with E-state index in [1.165, 1.54) is 12.8 Å². The summed E-state index contributed by atoms with van der Waals surface area (Å²) in [6.45, 7) is 3.27. The molecule has 0 bridgehead atoms. The number of unbranched alkanes of at least 4 members (excludes halogenated alkanes) is 1. The standard InChI is InChI=1S/C14H28O3/c1-2-3-10-17-11-13(15)8-9-14(16)12-6-4-5-7-12/h12-16H,2-11H2,1H3. The van der Waals surface area contributed by atoms with E-state index in [-0.39, 0.29) is 6.10 Å². The fourth-order valence-electron chi connectivity index (χ4n) is 2.49. The monoisotopic (exact) mass is 244 g/mol. The molecule has 0 amide bonds. The van der Waals surface area contributed by atoms with Crippen LogP contribution in [0.4, 0.5) is 0 Å². The number of aliphatic hydroxyl groups excluding tert-OH is 2. The summed E-state index contributed by atoms with van der Waals surface area (Å²) in [6.07, 6.45) is 7.73. The molecule has 1 aliphatic rings. The van der Waals surface area contributed by atoms with E-state index >= 15 is 0 Å². The van der Waals surface area contributed by atoms with Gasteiger partial charge in [0.2, 0.25) is 0 Å². The summed E-state index contributed by atoms with van der Waals surface area (Å²) in [4.78, 5) is 0. The Kier molecular flexibility index (Phi) is 7.82. The van der Waals surface area contributed by atoms with Gasteiger partial charge in [-0.15, -0.1) is 0 Å². The predicted octanol–water partition coefficient (Wildman–Crippen LogP) is 2.50. The molecule has 0 heterocycles. The molecular weight excluding hydrogens is 216 g/mol. The van der Waals surface area contributed by atoms with E-state index in [2.05, 4.69) is 6.92 Å². The van der Waals surface area contributed by atoms with E-state index in [1.54, 1.807) is 0 Å². The Morgan fingerprint density at radius 1 is 1.18 bits per heavy atom. The minimum Gasteiger partial charge on any atom is -0.393 e. The van der Waals surface area contributed by atoms with Gasteiger partial charge in [0.15, 0.2) is 0 Å². The molecule has 0 radical (unpaired) electrons. The fourth-order valence-corrected chi connectivity index (χ4v) is 2.49. The third-order valence-electron chi connectivity index (χ3n) is 3.69. The maximum atomic E-state index is 9.96. The van der Waals surface area contributed by atoms with Gasteiger partial charge < -0.3 is 14.9 Å². The molecule has 1 rings (SSSR count). The molecule has 1 fully saturated rings. The van der Waals surface area contributed by atoms with Crippen LogP contribution in [0.5, 0.6) is 0 Å². The zero-order chi connectivity index (χ0) is 12.5. The Morgan fingerprint density at radius 2 is 1.88 bits per heavy atom. The number of ether oxygens (including phenoxy) is 1. The average Bonchev–Trinajstić information content (AvgIpc) is 2.85. The van der Waals surface area contributed by atoms with Gasteiger partial charge in [0.25, 0.3) is 0 Å². The van der Waals surface area contributed by atoms with Gasteiger partial charge in [0.1, 0.15) is 0 Å². The van der Waals surface area contributed by atoms with Gasteiger partial charge in [0.05, 0.1) is 18.8 Å². The third-order valence-corrected chi connectivity index (χ3v) is 3.69. The first-order chi connectivity index (χ1) is 8.24. The molecule has 2 atom stereocenters. The molecule has 17 heavy (non-hydrogen) atoms. The first-order valence-corrected chi connectivity index (χ1v) is 7.18. The van der Waals surface area contributed by atoms with Gasteiger partial charge in [-0.3, -0.25) is 0 Å². The zero-order valence-electron chi connectivity index (χ0n) is 11.1. The highest BCUT2D eigenvalue weighted by Crippen LogP contribution is 2.29. The molecule has 0 aromatic carbocycles. The summed E-state index contributed by atoms with van der Waals surface area (Å²) < 4.78 is 5.36. The molecule has 3 heteroatoms. The van der Waals surface area contributed by atoms with Gasteiger partial charge >= 0.3 is 0 Å². The quantitative estimate of drug-likeness (QED) is 0.613. The number of hydrogen-bond acceptors (Lipinski definition) is 3. The van der Waals surface area contributed by atoms with Crippen molar-refractivity contribution in [3.8, 4) is 0 Å². The summed E-state index contributed by atoms with van der Waals surface area (Å²) in [5.74, 6) is 0.475. The minimum atomic E-state index is -0.414. The Labute approximate surface area is 105 Å². The molecular formula is C14H28O3. The van der Waals surface area contributed by atoms with Crippen LogP contribution in [0.25, 0.3) is 0 Å². The predicted molar refractivity (Wildman–Crippen MR) is 68.9 cm³/mol. The van der Waals surface area contributed by atoms with Gasteiger partial charge in [-0.2, -0.15) is 0 Å². The van der Waals surface area contributed by atoms with E-state index in [9.17, 15) is 10.2 Å².